The van der Waals surface area contributed by atoms with Crippen molar-refractivity contribution in [3.63, 3.8) is 0 Å². The van der Waals surface area contributed by atoms with Crippen LogP contribution in [0.3, 0.4) is 0 Å². The number of nitrogens with zero attached hydrogens (tertiary/aromatic N) is 3. The topological polar surface area (TPSA) is 41.1 Å². The summed E-state index contributed by atoms with van der Waals surface area (Å²) in [5.74, 6) is 1.80. The third-order valence-electron chi connectivity index (χ3n) is 3.82. The lowest BCUT2D eigenvalue weighted by Crippen LogP contribution is -2.25. The SMILES string of the molecule is CCCCN(C)c1ccnc(NC2CCCCC2)n1. The molecule has 0 aliphatic heterocycles. The molecule has 0 atom stereocenters. The monoisotopic (exact) mass is 262 g/mol. The van der Waals surface area contributed by atoms with E-state index in [1.807, 2.05) is 12.3 Å². The Kier molecular flexibility index (Phi) is 5.43. The highest BCUT2D eigenvalue weighted by molar-refractivity contribution is 5.42. The predicted octanol–water partition coefficient (Wildman–Crippen LogP) is 3.46. The summed E-state index contributed by atoms with van der Waals surface area (Å²) in [6.07, 6.45) is 10.8. The minimum Gasteiger partial charge on any atom is -0.360 e. The third-order valence-corrected chi connectivity index (χ3v) is 3.82. The van der Waals surface area contributed by atoms with Gasteiger partial charge in [0.25, 0.3) is 0 Å². The van der Waals surface area contributed by atoms with Crippen LogP contribution in [0.25, 0.3) is 0 Å². The second-order valence-electron chi connectivity index (χ2n) is 5.49. The van der Waals surface area contributed by atoms with E-state index in [1.54, 1.807) is 0 Å². The average Bonchev–Trinajstić information content (AvgIpc) is 2.46. The van der Waals surface area contributed by atoms with Gasteiger partial charge in [0.05, 0.1) is 0 Å². The Morgan fingerprint density at radius 3 is 2.84 bits per heavy atom. The Bertz CT molecular complexity index is 374. The molecule has 0 amide bonds. The number of anilines is 2. The molecule has 1 aromatic heterocycles. The summed E-state index contributed by atoms with van der Waals surface area (Å²) in [5, 5.41) is 3.48. The smallest absolute Gasteiger partial charge is 0.224 e. The summed E-state index contributed by atoms with van der Waals surface area (Å²) in [4.78, 5) is 11.2. The Balaban J connectivity index is 1.93. The summed E-state index contributed by atoms with van der Waals surface area (Å²) in [6, 6.07) is 2.55. The Morgan fingerprint density at radius 1 is 1.32 bits per heavy atom. The molecule has 1 aromatic rings. The van der Waals surface area contributed by atoms with E-state index < -0.39 is 0 Å². The molecule has 1 aliphatic rings. The quantitative estimate of drug-likeness (QED) is 0.852. The predicted molar refractivity (Wildman–Crippen MR) is 80.7 cm³/mol. The highest BCUT2D eigenvalue weighted by atomic mass is 15.2. The molecule has 0 saturated heterocycles. The van der Waals surface area contributed by atoms with Gasteiger partial charge in [-0.2, -0.15) is 4.98 Å². The van der Waals surface area contributed by atoms with E-state index >= 15 is 0 Å². The zero-order valence-corrected chi connectivity index (χ0v) is 12.2. The van der Waals surface area contributed by atoms with Gasteiger partial charge in [0.15, 0.2) is 0 Å². The van der Waals surface area contributed by atoms with Crippen molar-refractivity contribution in [1.29, 1.82) is 0 Å². The molecule has 106 valence electrons. The molecule has 0 radical (unpaired) electrons. The van der Waals surface area contributed by atoms with E-state index in [0.717, 1.165) is 18.3 Å². The molecule has 4 nitrogen and oxygen atoms in total. The average molecular weight is 262 g/mol. The van der Waals surface area contributed by atoms with E-state index in [-0.39, 0.29) is 0 Å². The number of rotatable bonds is 6. The maximum atomic E-state index is 4.62. The lowest BCUT2D eigenvalue weighted by Gasteiger charge is -2.23. The van der Waals surface area contributed by atoms with Gasteiger partial charge in [-0.3, -0.25) is 0 Å². The van der Waals surface area contributed by atoms with Gasteiger partial charge in [0.1, 0.15) is 5.82 Å². The zero-order chi connectivity index (χ0) is 13.5. The van der Waals surface area contributed by atoms with Gasteiger partial charge in [-0.05, 0) is 25.3 Å². The van der Waals surface area contributed by atoms with E-state index in [1.165, 1.54) is 44.9 Å². The second-order valence-corrected chi connectivity index (χ2v) is 5.49. The summed E-state index contributed by atoms with van der Waals surface area (Å²) < 4.78 is 0. The van der Waals surface area contributed by atoms with Crippen LogP contribution in [0.4, 0.5) is 11.8 Å². The Hall–Kier alpha value is -1.32. The fourth-order valence-corrected chi connectivity index (χ4v) is 2.57. The first kappa shape index (κ1) is 14.1. The molecule has 0 unspecified atom stereocenters. The molecule has 4 heteroatoms. The maximum Gasteiger partial charge on any atom is 0.224 e. The molecular formula is C15H26N4. The van der Waals surface area contributed by atoms with Crippen LogP contribution in [0.2, 0.25) is 0 Å². The molecule has 0 spiro atoms. The first-order chi connectivity index (χ1) is 9.29. The standard InChI is InChI=1S/C15H26N4/c1-3-4-12-19(2)14-10-11-16-15(18-14)17-13-8-6-5-7-9-13/h10-11,13H,3-9,12H2,1-2H3,(H,16,17,18). The number of aromatic nitrogens is 2. The van der Waals surface area contributed by atoms with Crippen LogP contribution >= 0.6 is 0 Å². The molecule has 1 fully saturated rings. The van der Waals surface area contributed by atoms with Crippen LogP contribution in [-0.2, 0) is 0 Å². The van der Waals surface area contributed by atoms with Gasteiger partial charge >= 0.3 is 0 Å². The van der Waals surface area contributed by atoms with E-state index in [0.29, 0.717) is 6.04 Å². The van der Waals surface area contributed by atoms with Crippen LogP contribution in [0.15, 0.2) is 12.3 Å². The maximum absolute atomic E-state index is 4.62. The minimum atomic E-state index is 0.560. The zero-order valence-electron chi connectivity index (χ0n) is 12.2. The molecule has 19 heavy (non-hydrogen) atoms. The molecule has 1 aliphatic carbocycles. The second kappa shape index (κ2) is 7.31. The van der Waals surface area contributed by atoms with Crippen molar-refractivity contribution in [2.75, 3.05) is 23.8 Å². The lowest BCUT2D eigenvalue weighted by molar-refractivity contribution is 0.461. The van der Waals surface area contributed by atoms with Gasteiger partial charge in [-0.1, -0.05) is 32.6 Å². The number of nitrogens with one attached hydrogen (secondary N) is 1. The summed E-state index contributed by atoms with van der Waals surface area (Å²) in [6.45, 7) is 3.26. The van der Waals surface area contributed by atoms with Gasteiger partial charge in [-0.15, -0.1) is 0 Å². The van der Waals surface area contributed by atoms with Crippen molar-refractivity contribution in [3.8, 4) is 0 Å². The molecule has 2 rings (SSSR count). The largest absolute Gasteiger partial charge is 0.360 e. The molecule has 1 N–H and O–H groups in total. The highest BCUT2D eigenvalue weighted by Crippen LogP contribution is 2.20. The molecule has 0 aromatic carbocycles. The van der Waals surface area contributed by atoms with Crippen LogP contribution in [0.5, 0.6) is 0 Å². The van der Waals surface area contributed by atoms with E-state index in [9.17, 15) is 0 Å². The van der Waals surface area contributed by atoms with Crippen molar-refractivity contribution in [2.24, 2.45) is 0 Å². The van der Waals surface area contributed by atoms with Crippen molar-refractivity contribution in [2.45, 2.75) is 57.9 Å². The van der Waals surface area contributed by atoms with E-state index in [2.05, 4.69) is 34.2 Å². The van der Waals surface area contributed by atoms with Crippen LogP contribution in [0, 0.1) is 0 Å². The molecule has 1 saturated carbocycles. The number of hydrogen-bond acceptors (Lipinski definition) is 4. The van der Waals surface area contributed by atoms with Crippen LogP contribution in [-0.4, -0.2) is 29.6 Å². The van der Waals surface area contributed by atoms with Gasteiger partial charge in [0, 0.05) is 25.8 Å². The molecular weight excluding hydrogens is 236 g/mol. The fraction of sp³-hybridized carbons (Fsp3) is 0.733. The number of unbranched alkanes of at least 4 members (excludes halogenated alkanes) is 1. The fourth-order valence-electron chi connectivity index (χ4n) is 2.57. The number of hydrogen-bond donors (Lipinski definition) is 1. The lowest BCUT2D eigenvalue weighted by atomic mass is 9.96. The van der Waals surface area contributed by atoms with Gasteiger partial charge in [0.2, 0.25) is 5.95 Å². The van der Waals surface area contributed by atoms with Crippen molar-refractivity contribution < 1.29 is 0 Å². The van der Waals surface area contributed by atoms with Crippen molar-refractivity contribution >= 4 is 11.8 Å². The highest BCUT2D eigenvalue weighted by Gasteiger charge is 2.14. The first-order valence-corrected chi connectivity index (χ1v) is 7.60. The molecule has 1 heterocycles. The Morgan fingerprint density at radius 2 is 2.11 bits per heavy atom. The first-order valence-electron chi connectivity index (χ1n) is 7.60. The van der Waals surface area contributed by atoms with Crippen molar-refractivity contribution in [1.82, 2.24) is 9.97 Å². The van der Waals surface area contributed by atoms with Gasteiger partial charge < -0.3 is 10.2 Å². The summed E-state index contributed by atoms with van der Waals surface area (Å²) >= 11 is 0. The van der Waals surface area contributed by atoms with E-state index in [4.69, 9.17) is 0 Å². The molecule has 0 bridgehead atoms. The summed E-state index contributed by atoms with van der Waals surface area (Å²) in [7, 11) is 2.10. The van der Waals surface area contributed by atoms with Crippen LogP contribution in [0.1, 0.15) is 51.9 Å². The third kappa shape index (κ3) is 4.37. The van der Waals surface area contributed by atoms with Crippen LogP contribution < -0.4 is 10.2 Å². The minimum absolute atomic E-state index is 0.560. The van der Waals surface area contributed by atoms with Gasteiger partial charge in [-0.25, -0.2) is 4.98 Å². The summed E-state index contributed by atoms with van der Waals surface area (Å²) in [5.41, 5.74) is 0. The van der Waals surface area contributed by atoms with Crippen molar-refractivity contribution in [3.05, 3.63) is 12.3 Å². The Labute approximate surface area is 116 Å². The normalized spacial score (nSPS) is 16.3.